The van der Waals surface area contributed by atoms with Crippen molar-refractivity contribution >= 4 is 22.8 Å². The van der Waals surface area contributed by atoms with Gasteiger partial charge in [-0.25, -0.2) is 0 Å². The maximum atomic E-state index is 12.3. The molecule has 0 saturated carbocycles. The van der Waals surface area contributed by atoms with Crippen molar-refractivity contribution in [3.05, 3.63) is 50.9 Å². The smallest absolute Gasteiger partial charge is 0.302 e. The van der Waals surface area contributed by atoms with E-state index in [-0.39, 0.29) is 5.56 Å². The summed E-state index contributed by atoms with van der Waals surface area (Å²) in [5.74, 6) is 0. The van der Waals surface area contributed by atoms with Crippen molar-refractivity contribution in [3.63, 3.8) is 0 Å². The number of nitrogens with one attached hydrogen (secondary N) is 1. The first-order valence-electron chi connectivity index (χ1n) is 7.82. The van der Waals surface area contributed by atoms with E-state index in [9.17, 15) is 9.90 Å². The Kier molecular flexibility index (Phi) is 3.93. The summed E-state index contributed by atoms with van der Waals surface area (Å²) in [6, 6.07) is 5.99. The van der Waals surface area contributed by atoms with Crippen LogP contribution in [0.3, 0.4) is 0 Å². The Morgan fingerprint density at radius 1 is 1.25 bits per heavy atom. The van der Waals surface area contributed by atoms with Crippen LogP contribution in [0.4, 0.5) is 11.7 Å². The summed E-state index contributed by atoms with van der Waals surface area (Å²) in [7, 11) is 1.72. The third-order valence-corrected chi connectivity index (χ3v) is 4.29. The lowest BCUT2D eigenvalue weighted by Gasteiger charge is -2.17. The SMILES string of the molecule is Cc1[nH]c(=O)c(N(C)c2nc3c(C)ccc(C)c3o2)cc1C(C)O. The standard InChI is InChI=1S/C18H21N3O3/c1-9-6-7-10(2)16-15(9)20-18(24-16)21(5)14-8-13(12(4)22)11(3)19-17(14)23/h6-8,12,22H,1-5H3,(H,19,23). The van der Waals surface area contributed by atoms with Crippen molar-refractivity contribution in [1.82, 2.24) is 9.97 Å². The van der Waals surface area contributed by atoms with Gasteiger partial charge in [0, 0.05) is 18.3 Å². The van der Waals surface area contributed by atoms with Crippen LogP contribution < -0.4 is 10.5 Å². The maximum Gasteiger partial charge on any atom is 0.302 e. The van der Waals surface area contributed by atoms with Crippen LogP contribution in [-0.2, 0) is 0 Å². The van der Waals surface area contributed by atoms with Crippen molar-refractivity contribution in [2.45, 2.75) is 33.8 Å². The van der Waals surface area contributed by atoms with Crippen LogP contribution in [0.1, 0.15) is 35.4 Å². The van der Waals surface area contributed by atoms with Gasteiger partial charge in [-0.05, 0) is 44.9 Å². The number of aromatic amines is 1. The molecule has 126 valence electrons. The normalized spacial score (nSPS) is 12.6. The third kappa shape index (κ3) is 2.59. The molecule has 2 aromatic heterocycles. The molecule has 0 spiro atoms. The zero-order chi connectivity index (χ0) is 17.6. The number of aromatic nitrogens is 2. The molecule has 6 nitrogen and oxygen atoms in total. The van der Waals surface area contributed by atoms with Crippen LogP contribution in [0, 0.1) is 20.8 Å². The van der Waals surface area contributed by atoms with E-state index in [1.807, 2.05) is 26.0 Å². The molecule has 0 aliphatic heterocycles. The maximum absolute atomic E-state index is 12.3. The van der Waals surface area contributed by atoms with Gasteiger partial charge in [-0.2, -0.15) is 4.98 Å². The number of H-pyrrole nitrogens is 1. The van der Waals surface area contributed by atoms with Gasteiger partial charge < -0.3 is 14.5 Å². The lowest BCUT2D eigenvalue weighted by molar-refractivity contribution is 0.198. The number of anilines is 2. The number of hydrogen-bond acceptors (Lipinski definition) is 5. The van der Waals surface area contributed by atoms with Crippen molar-refractivity contribution in [2.24, 2.45) is 0 Å². The number of fused-ring (bicyclic) bond motifs is 1. The molecule has 3 rings (SSSR count). The first kappa shape index (κ1) is 16.3. The number of aliphatic hydroxyl groups excluding tert-OH is 1. The summed E-state index contributed by atoms with van der Waals surface area (Å²) in [4.78, 5) is 21.2. The number of aliphatic hydroxyl groups is 1. The molecule has 0 radical (unpaired) electrons. The largest absolute Gasteiger partial charge is 0.423 e. The van der Waals surface area contributed by atoms with Crippen LogP contribution in [0.25, 0.3) is 11.1 Å². The van der Waals surface area contributed by atoms with Crippen LogP contribution in [0.15, 0.2) is 27.4 Å². The van der Waals surface area contributed by atoms with Gasteiger partial charge in [0.25, 0.3) is 5.56 Å². The highest BCUT2D eigenvalue weighted by Crippen LogP contribution is 2.30. The topological polar surface area (TPSA) is 82.4 Å². The minimum atomic E-state index is -0.679. The Labute approximate surface area is 139 Å². The van der Waals surface area contributed by atoms with E-state index in [2.05, 4.69) is 9.97 Å². The Morgan fingerprint density at radius 3 is 2.54 bits per heavy atom. The molecule has 24 heavy (non-hydrogen) atoms. The second-order valence-corrected chi connectivity index (χ2v) is 6.17. The number of pyridine rings is 1. The first-order valence-corrected chi connectivity index (χ1v) is 7.82. The van der Waals surface area contributed by atoms with Crippen LogP contribution in [0.5, 0.6) is 0 Å². The highest BCUT2D eigenvalue weighted by Gasteiger charge is 2.19. The Balaban J connectivity index is 2.14. The molecule has 2 heterocycles. The minimum Gasteiger partial charge on any atom is -0.423 e. The number of benzene rings is 1. The molecule has 0 bridgehead atoms. The van der Waals surface area contributed by atoms with E-state index >= 15 is 0 Å². The molecule has 1 unspecified atom stereocenters. The van der Waals surface area contributed by atoms with E-state index in [0.717, 1.165) is 22.2 Å². The van der Waals surface area contributed by atoms with Crippen LogP contribution in [0.2, 0.25) is 0 Å². The molecule has 6 heteroatoms. The molecule has 0 aliphatic rings. The summed E-state index contributed by atoms with van der Waals surface area (Å²) in [5, 5.41) is 9.88. The predicted octanol–water partition coefficient (Wildman–Crippen LogP) is 3.26. The Morgan fingerprint density at radius 2 is 1.92 bits per heavy atom. The average molecular weight is 327 g/mol. The lowest BCUT2D eigenvalue weighted by Crippen LogP contribution is -2.22. The molecule has 2 N–H and O–H groups in total. The predicted molar refractivity (Wildman–Crippen MR) is 94.0 cm³/mol. The van der Waals surface area contributed by atoms with Crippen molar-refractivity contribution in [3.8, 4) is 0 Å². The first-order chi connectivity index (χ1) is 11.3. The third-order valence-electron chi connectivity index (χ3n) is 4.29. The van der Waals surface area contributed by atoms with Crippen LogP contribution in [-0.4, -0.2) is 22.1 Å². The molecule has 0 amide bonds. The highest BCUT2D eigenvalue weighted by atomic mass is 16.4. The fraction of sp³-hybridized carbons (Fsp3) is 0.333. The number of rotatable bonds is 3. The van der Waals surface area contributed by atoms with Gasteiger partial charge >= 0.3 is 6.01 Å². The van der Waals surface area contributed by atoms with Gasteiger partial charge in [0.1, 0.15) is 11.2 Å². The van der Waals surface area contributed by atoms with E-state index in [1.54, 1.807) is 31.9 Å². The summed E-state index contributed by atoms with van der Waals surface area (Å²) < 4.78 is 5.88. The number of aryl methyl sites for hydroxylation is 3. The zero-order valence-electron chi connectivity index (χ0n) is 14.5. The zero-order valence-corrected chi connectivity index (χ0v) is 14.5. The molecule has 1 aromatic carbocycles. The van der Waals surface area contributed by atoms with E-state index in [4.69, 9.17) is 4.42 Å². The number of oxazole rings is 1. The summed E-state index contributed by atoms with van der Waals surface area (Å²) in [6.45, 7) is 7.36. The van der Waals surface area contributed by atoms with E-state index in [1.165, 1.54) is 0 Å². The van der Waals surface area contributed by atoms with E-state index < -0.39 is 6.10 Å². The van der Waals surface area contributed by atoms with Crippen LogP contribution >= 0.6 is 0 Å². The molecule has 1 atom stereocenters. The Bertz CT molecular complexity index is 931. The summed E-state index contributed by atoms with van der Waals surface area (Å²) >= 11 is 0. The second-order valence-electron chi connectivity index (χ2n) is 6.17. The molecule has 0 aliphatic carbocycles. The lowest BCUT2D eigenvalue weighted by atomic mass is 10.1. The monoisotopic (exact) mass is 327 g/mol. The van der Waals surface area contributed by atoms with E-state index in [0.29, 0.717) is 23.0 Å². The van der Waals surface area contributed by atoms with Gasteiger partial charge in [-0.15, -0.1) is 0 Å². The highest BCUT2D eigenvalue weighted by molar-refractivity contribution is 5.81. The van der Waals surface area contributed by atoms with Gasteiger partial charge in [0.05, 0.1) is 6.10 Å². The van der Waals surface area contributed by atoms with Crippen molar-refractivity contribution in [1.29, 1.82) is 0 Å². The van der Waals surface area contributed by atoms with Gasteiger partial charge in [0.2, 0.25) is 0 Å². The molecule has 0 fully saturated rings. The number of hydrogen-bond donors (Lipinski definition) is 2. The quantitative estimate of drug-likeness (QED) is 0.771. The molecule has 3 aromatic rings. The fourth-order valence-electron chi connectivity index (χ4n) is 2.81. The van der Waals surface area contributed by atoms with Gasteiger partial charge in [-0.1, -0.05) is 12.1 Å². The summed E-state index contributed by atoms with van der Waals surface area (Å²) in [5.41, 5.74) is 4.95. The van der Waals surface area contributed by atoms with Crippen molar-refractivity contribution < 1.29 is 9.52 Å². The van der Waals surface area contributed by atoms with Gasteiger partial charge in [-0.3, -0.25) is 9.69 Å². The fourth-order valence-corrected chi connectivity index (χ4v) is 2.81. The Hall–Kier alpha value is -2.60. The number of nitrogens with zero attached hydrogens (tertiary/aromatic N) is 2. The molecular weight excluding hydrogens is 306 g/mol. The molecule has 0 saturated heterocycles. The van der Waals surface area contributed by atoms with Crippen molar-refractivity contribution in [2.75, 3.05) is 11.9 Å². The average Bonchev–Trinajstić information content (AvgIpc) is 2.96. The minimum absolute atomic E-state index is 0.255. The second kappa shape index (κ2) is 5.79. The van der Waals surface area contributed by atoms with Gasteiger partial charge in [0.15, 0.2) is 5.58 Å². The summed E-state index contributed by atoms with van der Waals surface area (Å²) in [6.07, 6.45) is -0.679. The molecular formula is C18H21N3O3.